The summed E-state index contributed by atoms with van der Waals surface area (Å²) in [4.78, 5) is 10.2. The number of hydrogen-bond acceptors (Lipinski definition) is 3. The van der Waals surface area contributed by atoms with Gasteiger partial charge >= 0.3 is 6.03 Å². The second kappa shape index (κ2) is 5.73. The lowest BCUT2D eigenvalue weighted by Crippen LogP contribution is -2.33. The van der Waals surface area contributed by atoms with Crippen LogP contribution in [-0.2, 0) is 0 Å². The van der Waals surface area contributed by atoms with E-state index in [0.717, 1.165) is 0 Å². The number of thiocarbonyl (C=S) groups is 1. The number of nitrogens with two attached hydrogens (primary N) is 2. The molecule has 0 aliphatic carbocycles. The summed E-state index contributed by atoms with van der Waals surface area (Å²) < 4.78 is 0. The minimum Gasteiger partial charge on any atom is -0.501 e. The Morgan fingerprint density at radius 3 is 2.67 bits per heavy atom. The van der Waals surface area contributed by atoms with Gasteiger partial charge in [-0.05, 0) is 25.1 Å². The van der Waals surface area contributed by atoms with Crippen LogP contribution in [0.25, 0.3) is 0 Å². The summed E-state index contributed by atoms with van der Waals surface area (Å²) in [5, 5.41) is 10.9. The molecule has 0 bridgehead atoms. The van der Waals surface area contributed by atoms with Crippen LogP contribution in [-0.4, -0.2) is 28.8 Å². The van der Waals surface area contributed by atoms with Crippen LogP contribution in [0.3, 0.4) is 0 Å². The molecule has 1 atom stereocenters. The van der Waals surface area contributed by atoms with Crippen LogP contribution >= 0.6 is 12.2 Å². The number of carbonyl (C=O) groups excluding carboxylic acids is 1. The van der Waals surface area contributed by atoms with Crippen molar-refractivity contribution < 1.29 is 9.90 Å². The summed E-state index contributed by atoms with van der Waals surface area (Å²) in [7, 11) is 0. The van der Waals surface area contributed by atoms with Crippen molar-refractivity contribution >= 4 is 23.3 Å². The average Bonchev–Trinajstić information content (AvgIpc) is 1.97. The van der Waals surface area contributed by atoms with Crippen molar-refractivity contribution in [1.82, 2.24) is 5.32 Å². The highest BCUT2D eigenvalue weighted by molar-refractivity contribution is 7.80. The van der Waals surface area contributed by atoms with Crippen LogP contribution in [0.5, 0.6) is 0 Å². The van der Waals surface area contributed by atoms with E-state index < -0.39 is 12.1 Å². The Hall–Kier alpha value is -0.880. The van der Waals surface area contributed by atoms with Crippen molar-refractivity contribution in [3.63, 3.8) is 0 Å². The number of hydrogen-bond donors (Lipinski definition) is 4. The highest BCUT2D eigenvalue weighted by Gasteiger charge is 2.05. The number of aliphatic hydroxyl groups excluding tert-OH is 1. The standard InChI is InChI=1S/C6H13N3O2S/c7-4(5(10)12)2-1-3-9-6(8)11/h4H,1-3,7H2,(H,10,12)(H3,8,9,11)/t4-/m0/s1. The van der Waals surface area contributed by atoms with E-state index in [1.807, 2.05) is 0 Å². The van der Waals surface area contributed by atoms with Gasteiger partial charge in [0.05, 0.1) is 6.04 Å². The van der Waals surface area contributed by atoms with Gasteiger partial charge in [0, 0.05) is 6.54 Å². The fourth-order valence-electron chi connectivity index (χ4n) is 0.657. The number of carbonyl (C=O) groups is 1. The van der Waals surface area contributed by atoms with Gasteiger partial charge in [-0.25, -0.2) is 4.79 Å². The van der Waals surface area contributed by atoms with Crippen LogP contribution < -0.4 is 16.8 Å². The molecule has 0 aromatic heterocycles. The van der Waals surface area contributed by atoms with Crippen LogP contribution in [0.15, 0.2) is 0 Å². The quantitative estimate of drug-likeness (QED) is 0.352. The molecule has 70 valence electrons. The lowest BCUT2D eigenvalue weighted by molar-refractivity contribution is 0.248. The molecule has 0 aliphatic rings. The predicted octanol–water partition coefficient (Wildman–Crippen LogP) is -0.352. The van der Waals surface area contributed by atoms with Crippen molar-refractivity contribution in [2.24, 2.45) is 11.5 Å². The van der Waals surface area contributed by atoms with Crippen LogP contribution in [0.2, 0.25) is 0 Å². The molecule has 0 aromatic carbocycles. The van der Waals surface area contributed by atoms with E-state index >= 15 is 0 Å². The maximum Gasteiger partial charge on any atom is 0.312 e. The summed E-state index contributed by atoms with van der Waals surface area (Å²) in [6.45, 7) is 0.450. The molecule has 0 radical (unpaired) electrons. The van der Waals surface area contributed by atoms with Gasteiger partial charge in [-0.2, -0.15) is 0 Å². The Morgan fingerprint density at radius 1 is 1.67 bits per heavy atom. The van der Waals surface area contributed by atoms with Gasteiger partial charge in [0.2, 0.25) is 0 Å². The SMILES string of the molecule is NC(=O)NCCC[C@H](N)C(O)=S. The third-order valence-electron chi connectivity index (χ3n) is 1.31. The van der Waals surface area contributed by atoms with E-state index in [1.165, 1.54) is 0 Å². The van der Waals surface area contributed by atoms with Crippen molar-refractivity contribution in [1.29, 1.82) is 0 Å². The molecular weight excluding hydrogens is 178 g/mol. The molecular formula is C6H13N3O2S. The van der Waals surface area contributed by atoms with Gasteiger partial charge in [-0.1, -0.05) is 0 Å². The lowest BCUT2D eigenvalue weighted by atomic mass is 10.2. The Kier molecular flexibility index (Phi) is 5.31. The number of rotatable bonds is 5. The molecule has 0 saturated carbocycles. The number of amides is 2. The van der Waals surface area contributed by atoms with Crippen LogP contribution in [0.1, 0.15) is 12.8 Å². The number of urea groups is 1. The van der Waals surface area contributed by atoms with E-state index in [9.17, 15) is 4.79 Å². The predicted molar refractivity (Wildman–Crippen MR) is 50.0 cm³/mol. The smallest absolute Gasteiger partial charge is 0.312 e. The van der Waals surface area contributed by atoms with E-state index in [0.29, 0.717) is 19.4 Å². The van der Waals surface area contributed by atoms with E-state index in [1.54, 1.807) is 0 Å². The first-order chi connectivity index (χ1) is 5.54. The van der Waals surface area contributed by atoms with Gasteiger partial charge in [0.15, 0.2) is 5.05 Å². The first kappa shape index (κ1) is 11.1. The van der Waals surface area contributed by atoms with Gasteiger partial charge in [-0.15, -0.1) is 0 Å². The first-order valence-corrected chi connectivity index (χ1v) is 3.96. The molecule has 6 N–H and O–H groups in total. The molecule has 0 unspecified atom stereocenters. The molecule has 12 heavy (non-hydrogen) atoms. The molecule has 0 spiro atoms. The Balaban J connectivity index is 3.31. The number of aliphatic hydroxyl groups is 1. The second-order valence-electron chi connectivity index (χ2n) is 2.38. The van der Waals surface area contributed by atoms with Crippen molar-refractivity contribution in [3.05, 3.63) is 0 Å². The Morgan fingerprint density at radius 2 is 2.25 bits per heavy atom. The topological polar surface area (TPSA) is 101 Å². The zero-order valence-electron chi connectivity index (χ0n) is 6.62. The van der Waals surface area contributed by atoms with E-state index in [4.69, 9.17) is 16.6 Å². The molecule has 6 heteroatoms. The summed E-state index contributed by atoms with van der Waals surface area (Å²) >= 11 is 4.44. The molecule has 0 aliphatic heterocycles. The molecule has 5 nitrogen and oxygen atoms in total. The largest absolute Gasteiger partial charge is 0.501 e. The number of primary amides is 1. The minimum atomic E-state index is -0.560. The molecule has 0 rings (SSSR count). The highest BCUT2D eigenvalue weighted by atomic mass is 32.1. The summed E-state index contributed by atoms with van der Waals surface area (Å²) in [5.74, 6) is 0. The Labute approximate surface area is 76.1 Å². The molecule has 0 aromatic rings. The molecule has 0 heterocycles. The zero-order chi connectivity index (χ0) is 9.56. The van der Waals surface area contributed by atoms with E-state index in [2.05, 4.69) is 17.5 Å². The van der Waals surface area contributed by atoms with Crippen LogP contribution in [0.4, 0.5) is 4.79 Å². The fourth-order valence-corrected chi connectivity index (χ4v) is 0.775. The first-order valence-electron chi connectivity index (χ1n) is 3.55. The summed E-state index contributed by atoms with van der Waals surface area (Å²) in [5.41, 5.74) is 10.2. The highest BCUT2D eigenvalue weighted by Crippen LogP contribution is 1.94. The lowest BCUT2D eigenvalue weighted by Gasteiger charge is -2.07. The fraction of sp³-hybridized carbons (Fsp3) is 0.667. The zero-order valence-corrected chi connectivity index (χ0v) is 7.43. The van der Waals surface area contributed by atoms with Gasteiger partial charge < -0.3 is 21.9 Å². The van der Waals surface area contributed by atoms with E-state index in [-0.39, 0.29) is 5.05 Å². The van der Waals surface area contributed by atoms with Crippen molar-refractivity contribution in [2.45, 2.75) is 18.9 Å². The summed E-state index contributed by atoms with van der Waals surface area (Å²) in [6, 6.07) is -1.05. The second-order valence-corrected chi connectivity index (χ2v) is 2.80. The third-order valence-corrected chi connectivity index (χ3v) is 1.61. The summed E-state index contributed by atoms with van der Waals surface area (Å²) in [6.07, 6.45) is 1.18. The van der Waals surface area contributed by atoms with Crippen LogP contribution in [0, 0.1) is 0 Å². The van der Waals surface area contributed by atoms with Gasteiger partial charge in [0.25, 0.3) is 0 Å². The molecule has 0 fully saturated rings. The number of nitrogens with one attached hydrogen (secondary N) is 1. The third kappa shape index (κ3) is 5.87. The van der Waals surface area contributed by atoms with Crippen molar-refractivity contribution in [3.8, 4) is 0 Å². The maximum absolute atomic E-state index is 10.2. The minimum absolute atomic E-state index is 0.200. The monoisotopic (exact) mass is 191 g/mol. The normalized spacial score (nSPS) is 12.1. The Bertz CT molecular complexity index is 174. The van der Waals surface area contributed by atoms with Gasteiger partial charge in [0.1, 0.15) is 0 Å². The van der Waals surface area contributed by atoms with Crippen molar-refractivity contribution in [2.75, 3.05) is 6.54 Å². The molecule has 0 saturated heterocycles. The molecule has 2 amide bonds. The van der Waals surface area contributed by atoms with Gasteiger partial charge in [-0.3, -0.25) is 0 Å². The maximum atomic E-state index is 10.2. The average molecular weight is 191 g/mol.